The second-order valence-corrected chi connectivity index (χ2v) is 11.4. The van der Waals surface area contributed by atoms with Crippen molar-refractivity contribution < 1.29 is 9.59 Å². The number of nitrogens with one attached hydrogen (secondary N) is 1. The Morgan fingerprint density at radius 3 is 2.22 bits per heavy atom. The molecule has 0 fully saturated rings. The third kappa shape index (κ3) is 9.41. The molecular formula is C30H34Cl2N2O2S. The molecule has 1 atom stereocenters. The Balaban J connectivity index is 1.86. The summed E-state index contributed by atoms with van der Waals surface area (Å²) in [5.41, 5.74) is 4.18. The van der Waals surface area contributed by atoms with Crippen molar-refractivity contribution in [2.24, 2.45) is 5.92 Å². The number of amides is 2. The van der Waals surface area contributed by atoms with Crippen LogP contribution in [0, 0.1) is 12.8 Å². The van der Waals surface area contributed by atoms with E-state index in [2.05, 4.69) is 36.5 Å². The van der Waals surface area contributed by atoms with Crippen LogP contribution < -0.4 is 5.32 Å². The van der Waals surface area contributed by atoms with Gasteiger partial charge in [-0.25, -0.2) is 0 Å². The van der Waals surface area contributed by atoms with Gasteiger partial charge in [0.2, 0.25) is 11.8 Å². The zero-order valence-electron chi connectivity index (χ0n) is 21.5. The summed E-state index contributed by atoms with van der Waals surface area (Å²) < 4.78 is 0. The van der Waals surface area contributed by atoms with Gasteiger partial charge in [0.05, 0.1) is 15.8 Å². The highest BCUT2D eigenvalue weighted by Gasteiger charge is 2.30. The normalized spacial score (nSPS) is 11.8. The van der Waals surface area contributed by atoms with Crippen LogP contribution in [0.4, 0.5) is 0 Å². The van der Waals surface area contributed by atoms with Gasteiger partial charge >= 0.3 is 0 Å². The zero-order chi connectivity index (χ0) is 26.8. The molecule has 3 aromatic carbocycles. The summed E-state index contributed by atoms with van der Waals surface area (Å²) in [6, 6.07) is 22.8. The van der Waals surface area contributed by atoms with Crippen LogP contribution in [-0.2, 0) is 28.3 Å². The topological polar surface area (TPSA) is 49.4 Å². The van der Waals surface area contributed by atoms with Gasteiger partial charge in [0, 0.05) is 25.3 Å². The molecule has 4 nitrogen and oxygen atoms in total. The molecule has 0 bridgehead atoms. The summed E-state index contributed by atoms with van der Waals surface area (Å²) in [4.78, 5) is 28.8. The summed E-state index contributed by atoms with van der Waals surface area (Å²) in [5.74, 6) is 1.02. The van der Waals surface area contributed by atoms with E-state index in [0.717, 1.165) is 22.4 Å². The number of carbonyl (C=O) groups excluding carboxylic acids is 2. The van der Waals surface area contributed by atoms with Crippen molar-refractivity contribution in [2.45, 2.75) is 45.5 Å². The number of benzene rings is 3. The SMILES string of the molecule is Cc1ccc(CSCC(=O)N(Cc2ccc(Cl)c(Cl)c2)[C@H](Cc2ccccc2)C(=O)NCC(C)C)cc1. The van der Waals surface area contributed by atoms with E-state index in [-0.39, 0.29) is 24.1 Å². The van der Waals surface area contributed by atoms with Crippen LogP contribution in [0.25, 0.3) is 0 Å². The van der Waals surface area contributed by atoms with E-state index in [1.807, 2.05) is 50.2 Å². The molecule has 0 spiro atoms. The van der Waals surface area contributed by atoms with Crippen molar-refractivity contribution in [3.63, 3.8) is 0 Å². The molecule has 0 aliphatic heterocycles. The molecule has 0 unspecified atom stereocenters. The Kier molecular flexibility index (Phi) is 11.4. The lowest BCUT2D eigenvalue weighted by Gasteiger charge is -2.32. The summed E-state index contributed by atoms with van der Waals surface area (Å²) >= 11 is 14.0. The molecule has 3 rings (SSSR count). The summed E-state index contributed by atoms with van der Waals surface area (Å²) in [7, 11) is 0. The molecule has 0 aliphatic carbocycles. The van der Waals surface area contributed by atoms with Gasteiger partial charge in [-0.05, 0) is 41.7 Å². The number of thioether (sulfide) groups is 1. The first kappa shape index (κ1) is 29.1. The zero-order valence-corrected chi connectivity index (χ0v) is 23.9. The molecule has 0 saturated carbocycles. The molecule has 0 radical (unpaired) electrons. The van der Waals surface area contributed by atoms with E-state index in [1.54, 1.807) is 28.8 Å². The van der Waals surface area contributed by atoms with Gasteiger partial charge in [0.15, 0.2) is 0 Å². The van der Waals surface area contributed by atoms with Crippen LogP contribution >= 0.6 is 35.0 Å². The Morgan fingerprint density at radius 2 is 1.57 bits per heavy atom. The van der Waals surface area contributed by atoms with E-state index >= 15 is 0 Å². The van der Waals surface area contributed by atoms with Crippen molar-refractivity contribution in [3.8, 4) is 0 Å². The minimum absolute atomic E-state index is 0.0937. The smallest absolute Gasteiger partial charge is 0.243 e. The number of hydrogen-bond donors (Lipinski definition) is 1. The van der Waals surface area contributed by atoms with E-state index in [1.165, 1.54) is 5.56 Å². The highest BCUT2D eigenvalue weighted by Crippen LogP contribution is 2.25. The Morgan fingerprint density at radius 1 is 0.892 bits per heavy atom. The lowest BCUT2D eigenvalue weighted by atomic mass is 10.0. The molecule has 196 valence electrons. The van der Waals surface area contributed by atoms with Gasteiger partial charge in [-0.3, -0.25) is 9.59 Å². The molecule has 3 aromatic rings. The standard InChI is InChI=1S/C30H34Cl2N2O2S/c1-21(2)17-33-30(36)28(16-23-7-5-4-6-8-23)34(18-25-13-14-26(31)27(32)15-25)29(35)20-37-19-24-11-9-22(3)10-12-24/h4-15,21,28H,16-20H2,1-3H3,(H,33,36)/t28-/m1/s1. The van der Waals surface area contributed by atoms with Gasteiger partial charge in [-0.1, -0.05) is 103 Å². The number of aryl methyl sites for hydroxylation is 1. The predicted molar refractivity (Wildman–Crippen MR) is 156 cm³/mol. The maximum absolute atomic E-state index is 13.7. The minimum atomic E-state index is -0.664. The van der Waals surface area contributed by atoms with Crippen molar-refractivity contribution in [1.82, 2.24) is 10.2 Å². The Labute approximate surface area is 234 Å². The number of halogens is 2. The second-order valence-electron chi connectivity index (χ2n) is 9.59. The number of nitrogens with zero attached hydrogens (tertiary/aromatic N) is 1. The second kappa shape index (κ2) is 14.5. The van der Waals surface area contributed by atoms with E-state index in [9.17, 15) is 9.59 Å². The first-order valence-corrected chi connectivity index (χ1v) is 14.3. The van der Waals surface area contributed by atoms with Gasteiger partial charge in [-0.15, -0.1) is 11.8 Å². The Bertz CT molecular complexity index is 1170. The van der Waals surface area contributed by atoms with Gasteiger partial charge in [-0.2, -0.15) is 0 Å². The van der Waals surface area contributed by atoms with E-state index < -0.39 is 6.04 Å². The summed E-state index contributed by atoms with van der Waals surface area (Å²) in [5, 5.41) is 3.92. The van der Waals surface area contributed by atoms with Crippen LogP contribution in [-0.4, -0.2) is 35.1 Å². The van der Waals surface area contributed by atoms with Crippen molar-refractivity contribution in [2.75, 3.05) is 12.3 Å². The van der Waals surface area contributed by atoms with Crippen LogP contribution in [0.2, 0.25) is 10.0 Å². The highest BCUT2D eigenvalue weighted by atomic mass is 35.5. The maximum Gasteiger partial charge on any atom is 0.243 e. The van der Waals surface area contributed by atoms with Crippen LogP contribution in [0.5, 0.6) is 0 Å². The average Bonchev–Trinajstić information content (AvgIpc) is 2.88. The van der Waals surface area contributed by atoms with Crippen LogP contribution in [0.15, 0.2) is 72.8 Å². The van der Waals surface area contributed by atoms with Crippen LogP contribution in [0.1, 0.15) is 36.1 Å². The molecular weight excluding hydrogens is 523 g/mol. The average molecular weight is 558 g/mol. The first-order chi connectivity index (χ1) is 17.7. The van der Waals surface area contributed by atoms with Crippen molar-refractivity contribution in [1.29, 1.82) is 0 Å². The lowest BCUT2D eigenvalue weighted by molar-refractivity contribution is -0.139. The quantitative estimate of drug-likeness (QED) is 0.262. The third-order valence-electron chi connectivity index (χ3n) is 5.91. The van der Waals surface area contributed by atoms with Crippen molar-refractivity contribution in [3.05, 3.63) is 105 Å². The van der Waals surface area contributed by atoms with Crippen LogP contribution in [0.3, 0.4) is 0 Å². The lowest BCUT2D eigenvalue weighted by Crippen LogP contribution is -2.51. The fourth-order valence-corrected chi connectivity index (χ4v) is 5.03. The summed E-state index contributed by atoms with van der Waals surface area (Å²) in [6.45, 7) is 6.95. The third-order valence-corrected chi connectivity index (χ3v) is 7.63. The largest absolute Gasteiger partial charge is 0.354 e. The van der Waals surface area contributed by atoms with E-state index in [4.69, 9.17) is 23.2 Å². The Hall–Kier alpha value is -2.47. The molecule has 0 saturated heterocycles. The molecule has 0 heterocycles. The fourth-order valence-electron chi connectivity index (χ4n) is 3.83. The molecule has 0 aromatic heterocycles. The molecule has 7 heteroatoms. The fraction of sp³-hybridized carbons (Fsp3) is 0.333. The first-order valence-electron chi connectivity index (χ1n) is 12.4. The monoisotopic (exact) mass is 556 g/mol. The van der Waals surface area contributed by atoms with Gasteiger partial charge in [0.25, 0.3) is 0 Å². The molecule has 0 aliphatic rings. The molecule has 37 heavy (non-hydrogen) atoms. The van der Waals surface area contributed by atoms with Crippen molar-refractivity contribution >= 4 is 46.8 Å². The number of rotatable bonds is 12. The van der Waals surface area contributed by atoms with E-state index in [0.29, 0.717) is 28.9 Å². The molecule has 1 N–H and O–H groups in total. The number of hydrogen-bond acceptors (Lipinski definition) is 3. The molecule has 2 amide bonds. The predicted octanol–water partition coefficient (Wildman–Crippen LogP) is 6.95. The summed E-state index contributed by atoms with van der Waals surface area (Å²) in [6.07, 6.45) is 0.417. The highest BCUT2D eigenvalue weighted by molar-refractivity contribution is 7.99. The number of carbonyl (C=O) groups is 2. The van der Waals surface area contributed by atoms with Gasteiger partial charge in [0.1, 0.15) is 6.04 Å². The van der Waals surface area contributed by atoms with Gasteiger partial charge < -0.3 is 10.2 Å². The maximum atomic E-state index is 13.7. The minimum Gasteiger partial charge on any atom is -0.354 e.